The number of hydrogen-bond acceptors (Lipinski definition) is 3. The third-order valence-electron chi connectivity index (χ3n) is 4.75. The Labute approximate surface area is 157 Å². The Morgan fingerprint density at radius 2 is 2.00 bits per heavy atom. The summed E-state index contributed by atoms with van der Waals surface area (Å²) in [4.78, 5) is 4.62. The lowest BCUT2D eigenvalue weighted by atomic mass is 9.83. The zero-order chi connectivity index (χ0) is 15.8. The van der Waals surface area contributed by atoms with Crippen molar-refractivity contribution in [3.63, 3.8) is 0 Å². The maximum atomic E-state index is 5.29. The van der Waals surface area contributed by atoms with Crippen LogP contribution in [-0.2, 0) is 13.0 Å². The zero-order valence-corrected chi connectivity index (χ0v) is 17.0. The fraction of sp³-hybridized carbons (Fsp3) is 0.765. The molecule has 0 aromatic carbocycles. The van der Waals surface area contributed by atoms with Gasteiger partial charge in [0.15, 0.2) is 11.7 Å². The van der Waals surface area contributed by atoms with Crippen molar-refractivity contribution in [1.82, 2.24) is 15.8 Å². The van der Waals surface area contributed by atoms with Crippen LogP contribution in [0.4, 0.5) is 0 Å². The van der Waals surface area contributed by atoms with E-state index >= 15 is 0 Å². The molecule has 23 heavy (non-hydrogen) atoms. The van der Waals surface area contributed by atoms with Gasteiger partial charge in [-0.05, 0) is 38.0 Å². The molecule has 1 aliphatic rings. The summed E-state index contributed by atoms with van der Waals surface area (Å²) in [7, 11) is 0. The average molecular weight is 434 g/mol. The summed E-state index contributed by atoms with van der Waals surface area (Å²) in [6.07, 6.45) is 7.52. The van der Waals surface area contributed by atoms with Crippen molar-refractivity contribution in [3.05, 3.63) is 17.5 Å². The molecule has 0 amide bonds. The van der Waals surface area contributed by atoms with Crippen molar-refractivity contribution in [3.8, 4) is 0 Å². The van der Waals surface area contributed by atoms with Gasteiger partial charge in [0.25, 0.3) is 0 Å². The van der Waals surface area contributed by atoms with E-state index in [0.717, 1.165) is 36.9 Å². The van der Waals surface area contributed by atoms with Crippen LogP contribution in [0.5, 0.6) is 0 Å². The number of halogens is 1. The van der Waals surface area contributed by atoms with Crippen molar-refractivity contribution in [2.24, 2.45) is 10.4 Å². The van der Waals surface area contributed by atoms with Crippen molar-refractivity contribution in [1.29, 1.82) is 0 Å². The van der Waals surface area contributed by atoms with E-state index in [1.807, 2.05) is 6.07 Å². The molecule has 2 rings (SSSR count). The Bertz CT molecular complexity index is 481. The summed E-state index contributed by atoms with van der Waals surface area (Å²) >= 11 is 0. The van der Waals surface area contributed by atoms with Gasteiger partial charge in [-0.3, -0.25) is 0 Å². The summed E-state index contributed by atoms with van der Waals surface area (Å²) < 4.78 is 5.29. The molecule has 0 aliphatic heterocycles. The van der Waals surface area contributed by atoms with Gasteiger partial charge in [-0.25, -0.2) is 4.99 Å². The van der Waals surface area contributed by atoms with E-state index in [1.54, 1.807) is 0 Å². The highest BCUT2D eigenvalue weighted by Gasteiger charge is 2.31. The lowest BCUT2D eigenvalue weighted by molar-refractivity contribution is 0.283. The van der Waals surface area contributed by atoms with Crippen molar-refractivity contribution in [2.75, 3.05) is 13.1 Å². The van der Waals surface area contributed by atoms with Gasteiger partial charge < -0.3 is 15.2 Å². The van der Waals surface area contributed by atoms with E-state index in [2.05, 4.69) is 41.6 Å². The predicted molar refractivity (Wildman–Crippen MR) is 105 cm³/mol. The number of aryl methyl sites for hydroxylation is 1. The SMILES string of the molecule is CCNC(=NCc1cc(CC)no1)NCC1(CC)CCCC1.I. The predicted octanol–water partition coefficient (Wildman–Crippen LogP) is 3.88. The van der Waals surface area contributed by atoms with Crippen LogP contribution in [0.3, 0.4) is 0 Å². The summed E-state index contributed by atoms with van der Waals surface area (Å²) in [5.41, 5.74) is 1.44. The molecular formula is C17H31IN4O. The molecule has 0 bridgehead atoms. The lowest BCUT2D eigenvalue weighted by Gasteiger charge is -2.28. The number of guanidine groups is 1. The first-order chi connectivity index (χ1) is 10.7. The van der Waals surface area contributed by atoms with Gasteiger partial charge in [-0.15, -0.1) is 24.0 Å². The molecule has 0 atom stereocenters. The second kappa shape index (κ2) is 10.2. The van der Waals surface area contributed by atoms with Crippen molar-refractivity contribution >= 4 is 29.9 Å². The third-order valence-corrected chi connectivity index (χ3v) is 4.75. The first kappa shape index (κ1) is 20.3. The Morgan fingerprint density at radius 1 is 1.26 bits per heavy atom. The summed E-state index contributed by atoms with van der Waals surface area (Å²) in [5, 5.41) is 10.8. The number of rotatable bonds is 7. The molecule has 0 saturated heterocycles. The number of nitrogens with one attached hydrogen (secondary N) is 2. The molecular weight excluding hydrogens is 403 g/mol. The maximum absolute atomic E-state index is 5.29. The molecule has 0 radical (unpaired) electrons. The summed E-state index contributed by atoms with van der Waals surface area (Å²) in [6, 6.07) is 1.98. The van der Waals surface area contributed by atoms with Gasteiger partial charge in [-0.2, -0.15) is 0 Å². The first-order valence-corrected chi connectivity index (χ1v) is 8.68. The number of hydrogen-bond donors (Lipinski definition) is 2. The van der Waals surface area contributed by atoms with Crippen LogP contribution in [0.1, 0.15) is 64.3 Å². The number of aliphatic imine (C=N–C) groups is 1. The third kappa shape index (κ3) is 5.97. The fourth-order valence-corrected chi connectivity index (χ4v) is 3.15. The van der Waals surface area contributed by atoms with E-state index in [1.165, 1.54) is 32.1 Å². The van der Waals surface area contributed by atoms with Crippen LogP contribution in [-0.4, -0.2) is 24.2 Å². The molecule has 132 valence electrons. The highest BCUT2D eigenvalue weighted by atomic mass is 127. The van der Waals surface area contributed by atoms with Gasteiger partial charge in [-0.1, -0.05) is 31.8 Å². The van der Waals surface area contributed by atoms with Crippen LogP contribution >= 0.6 is 24.0 Å². The Hall–Kier alpha value is -0.790. The second-order valence-electron chi connectivity index (χ2n) is 6.25. The zero-order valence-electron chi connectivity index (χ0n) is 14.7. The minimum Gasteiger partial charge on any atom is -0.359 e. The number of aromatic nitrogens is 1. The van der Waals surface area contributed by atoms with Gasteiger partial charge in [0, 0.05) is 19.2 Å². The average Bonchev–Trinajstić information content (AvgIpc) is 3.19. The van der Waals surface area contributed by atoms with E-state index in [-0.39, 0.29) is 24.0 Å². The van der Waals surface area contributed by atoms with E-state index in [0.29, 0.717) is 12.0 Å². The van der Waals surface area contributed by atoms with E-state index < -0.39 is 0 Å². The molecule has 6 heteroatoms. The molecule has 1 fully saturated rings. The second-order valence-corrected chi connectivity index (χ2v) is 6.25. The topological polar surface area (TPSA) is 62.5 Å². The van der Waals surface area contributed by atoms with Crippen molar-refractivity contribution in [2.45, 2.75) is 65.8 Å². The van der Waals surface area contributed by atoms with Gasteiger partial charge >= 0.3 is 0 Å². The Kier molecular flexibility index (Phi) is 8.94. The molecule has 1 saturated carbocycles. The highest BCUT2D eigenvalue weighted by molar-refractivity contribution is 14.0. The van der Waals surface area contributed by atoms with Gasteiger partial charge in [0.2, 0.25) is 0 Å². The maximum Gasteiger partial charge on any atom is 0.191 e. The normalized spacial score (nSPS) is 16.9. The molecule has 2 N–H and O–H groups in total. The monoisotopic (exact) mass is 434 g/mol. The Balaban J connectivity index is 0.00000264. The highest BCUT2D eigenvalue weighted by Crippen LogP contribution is 2.40. The van der Waals surface area contributed by atoms with Gasteiger partial charge in [0.1, 0.15) is 6.54 Å². The minimum absolute atomic E-state index is 0. The molecule has 1 aliphatic carbocycles. The first-order valence-electron chi connectivity index (χ1n) is 8.68. The number of nitrogens with zero attached hydrogens (tertiary/aromatic N) is 2. The van der Waals surface area contributed by atoms with E-state index in [4.69, 9.17) is 4.52 Å². The van der Waals surface area contributed by atoms with Crippen molar-refractivity contribution < 1.29 is 4.52 Å². The van der Waals surface area contributed by atoms with Crippen LogP contribution in [0.15, 0.2) is 15.6 Å². The van der Waals surface area contributed by atoms with Crippen LogP contribution in [0.25, 0.3) is 0 Å². The fourth-order valence-electron chi connectivity index (χ4n) is 3.15. The lowest BCUT2D eigenvalue weighted by Crippen LogP contribution is -2.42. The molecule has 0 unspecified atom stereocenters. The smallest absolute Gasteiger partial charge is 0.191 e. The van der Waals surface area contributed by atoms with Crippen LogP contribution in [0, 0.1) is 5.41 Å². The molecule has 1 heterocycles. The molecule has 0 spiro atoms. The molecule has 1 aromatic rings. The summed E-state index contributed by atoms with van der Waals surface area (Å²) in [6.45, 7) is 8.86. The summed E-state index contributed by atoms with van der Waals surface area (Å²) in [5.74, 6) is 1.69. The van der Waals surface area contributed by atoms with Crippen LogP contribution < -0.4 is 10.6 Å². The van der Waals surface area contributed by atoms with Crippen LogP contribution in [0.2, 0.25) is 0 Å². The van der Waals surface area contributed by atoms with Gasteiger partial charge in [0.05, 0.1) is 5.69 Å². The standard InChI is InChI=1S/C17H30N4O.HI/c1-4-14-11-15(22-21-14)12-19-16(18-6-3)20-13-17(5-2)9-7-8-10-17;/h11H,4-10,12-13H2,1-3H3,(H2,18,19,20);1H. The molecule has 1 aromatic heterocycles. The largest absolute Gasteiger partial charge is 0.359 e. The quantitative estimate of drug-likeness (QED) is 0.389. The molecule has 5 nitrogen and oxygen atoms in total. The Morgan fingerprint density at radius 3 is 2.57 bits per heavy atom. The minimum atomic E-state index is 0. The van der Waals surface area contributed by atoms with E-state index in [9.17, 15) is 0 Å².